The summed E-state index contributed by atoms with van der Waals surface area (Å²) in [6, 6.07) is 5.24. The molecule has 116 valence electrons. The Bertz CT molecular complexity index is 499. The van der Waals surface area contributed by atoms with E-state index in [9.17, 15) is 4.79 Å². The molecule has 0 N–H and O–H groups in total. The second-order valence-electron chi connectivity index (χ2n) is 5.68. The number of rotatable bonds is 4. The van der Waals surface area contributed by atoms with Crippen LogP contribution in [0.3, 0.4) is 0 Å². The molecule has 0 saturated carbocycles. The summed E-state index contributed by atoms with van der Waals surface area (Å²) in [6.45, 7) is 4.71. The Balaban J connectivity index is 2.06. The molecule has 0 radical (unpaired) electrons. The number of nitrogens with zero attached hydrogens (tertiary/aromatic N) is 2. The van der Waals surface area contributed by atoms with E-state index in [1.807, 2.05) is 6.92 Å². The molecule has 0 spiro atoms. The summed E-state index contributed by atoms with van der Waals surface area (Å²) in [6.07, 6.45) is 2.76. The van der Waals surface area contributed by atoms with Crippen LogP contribution in [0.2, 0.25) is 10.0 Å². The van der Waals surface area contributed by atoms with Crippen molar-refractivity contribution < 1.29 is 4.79 Å². The zero-order valence-corrected chi connectivity index (χ0v) is 14.1. The molecule has 0 atom stereocenters. The van der Waals surface area contributed by atoms with Gasteiger partial charge in [0.2, 0.25) is 5.91 Å². The van der Waals surface area contributed by atoms with E-state index in [1.54, 1.807) is 23.1 Å². The average Bonchev–Trinajstić information content (AvgIpc) is 2.46. The first-order valence-corrected chi connectivity index (χ1v) is 8.20. The molecule has 5 heteroatoms. The first-order valence-electron chi connectivity index (χ1n) is 7.45. The molecule has 1 saturated heterocycles. The van der Waals surface area contributed by atoms with Gasteiger partial charge in [0.25, 0.3) is 0 Å². The number of halogens is 2. The lowest BCUT2D eigenvalue weighted by atomic mass is 9.93. The van der Waals surface area contributed by atoms with Crippen molar-refractivity contribution in [2.45, 2.75) is 26.2 Å². The molecule has 1 aromatic rings. The number of anilines is 1. The fourth-order valence-corrected chi connectivity index (χ4v) is 3.18. The molecule has 0 aromatic heterocycles. The summed E-state index contributed by atoms with van der Waals surface area (Å²) in [7, 11) is 2.13. The third-order valence-corrected chi connectivity index (χ3v) is 4.67. The molecule has 1 fully saturated rings. The van der Waals surface area contributed by atoms with Crippen molar-refractivity contribution in [3.05, 3.63) is 28.2 Å². The molecule has 1 aliphatic rings. The standard InChI is InChI=1S/C16H22Cl2N2O/c1-3-20(15-11-13(17)4-5-14(15)18)16(21)10-12-6-8-19(2)9-7-12/h4-5,11-12H,3,6-10H2,1-2H3. The largest absolute Gasteiger partial charge is 0.311 e. The lowest BCUT2D eigenvalue weighted by Crippen LogP contribution is -2.36. The highest BCUT2D eigenvalue weighted by Crippen LogP contribution is 2.30. The predicted molar refractivity (Wildman–Crippen MR) is 89.3 cm³/mol. The fourth-order valence-electron chi connectivity index (χ4n) is 2.80. The fraction of sp³-hybridized carbons (Fsp3) is 0.562. The normalized spacial score (nSPS) is 17.0. The maximum absolute atomic E-state index is 12.6. The van der Waals surface area contributed by atoms with Gasteiger partial charge in [0, 0.05) is 18.0 Å². The summed E-state index contributed by atoms with van der Waals surface area (Å²) in [5.74, 6) is 0.608. The minimum Gasteiger partial charge on any atom is -0.311 e. The number of hydrogen-bond acceptors (Lipinski definition) is 2. The summed E-state index contributed by atoms with van der Waals surface area (Å²) in [5, 5.41) is 1.16. The van der Waals surface area contributed by atoms with Gasteiger partial charge in [-0.1, -0.05) is 23.2 Å². The van der Waals surface area contributed by atoms with E-state index in [1.165, 1.54) is 0 Å². The average molecular weight is 329 g/mol. The van der Waals surface area contributed by atoms with Crippen LogP contribution in [-0.4, -0.2) is 37.5 Å². The van der Waals surface area contributed by atoms with Crippen molar-refractivity contribution in [2.75, 3.05) is 31.6 Å². The number of carbonyl (C=O) groups excluding carboxylic acids is 1. The summed E-state index contributed by atoms with van der Waals surface area (Å²) in [4.78, 5) is 16.7. The lowest BCUT2D eigenvalue weighted by molar-refractivity contribution is -0.119. The highest BCUT2D eigenvalue weighted by molar-refractivity contribution is 6.35. The maximum Gasteiger partial charge on any atom is 0.227 e. The monoisotopic (exact) mass is 328 g/mol. The van der Waals surface area contributed by atoms with Crippen LogP contribution in [0.25, 0.3) is 0 Å². The lowest BCUT2D eigenvalue weighted by Gasteiger charge is -2.30. The molecule has 1 heterocycles. The Hall–Kier alpha value is -0.770. The van der Waals surface area contributed by atoms with Gasteiger partial charge >= 0.3 is 0 Å². The Labute approximate surface area is 136 Å². The van der Waals surface area contributed by atoms with Crippen molar-refractivity contribution >= 4 is 34.8 Å². The van der Waals surface area contributed by atoms with Crippen molar-refractivity contribution in [1.29, 1.82) is 0 Å². The third-order valence-electron chi connectivity index (χ3n) is 4.12. The predicted octanol–water partition coefficient (Wildman–Crippen LogP) is 4.08. The maximum atomic E-state index is 12.6. The van der Waals surface area contributed by atoms with Crippen molar-refractivity contribution in [3.63, 3.8) is 0 Å². The van der Waals surface area contributed by atoms with Crippen molar-refractivity contribution in [2.24, 2.45) is 5.92 Å². The second-order valence-corrected chi connectivity index (χ2v) is 6.53. The molecular formula is C16H22Cl2N2O. The van der Waals surface area contributed by atoms with Crippen LogP contribution in [0.4, 0.5) is 5.69 Å². The molecular weight excluding hydrogens is 307 g/mol. The SMILES string of the molecule is CCN(C(=O)CC1CCN(C)CC1)c1cc(Cl)ccc1Cl. The number of likely N-dealkylation sites (tertiary alicyclic amines) is 1. The third kappa shape index (κ3) is 4.35. The van der Waals surface area contributed by atoms with Crippen molar-refractivity contribution in [1.82, 2.24) is 4.90 Å². The van der Waals surface area contributed by atoms with Crippen LogP contribution in [0, 0.1) is 5.92 Å². The molecule has 1 amide bonds. The number of benzene rings is 1. The quantitative estimate of drug-likeness (QED) is 0.831. The zero-order chi connectivity index (χ0) is 15.4. The molecule has 0 unspecified atom stereocenters. The van der Waals surface area contributed by atoms with Crippen LogP contribution in [-0.2, 0) is 4.79 Å². The van der Waals surface area contributed by atoms with Gasteiger partial charge in [-0.05, 0) is 64.0 Å². The Morgan fingerprint density at radius 1 is 1.33 bits per heavy atom. The van der Waals surface area contributed by atoms with Gasteiger partial charge in [-0.15, -0.1) is 0 Å². The van der Waals surface area contributed by atoms with Gasteiger partial charge in [0.05, 0.1) is 10.7 Å². The van der Waals surface area contributed by atoms with Crippen LogP contribution in [0.15, 0.2) is 18.2 Å². The van der Waals surface area contributed by atoms with Gasteiger partial charge in [-0.25, -0.2) is 0 Å². The van der Waals surface area contributed by atoms with E-state index in [2.05, 4.69) is 11.9 Å². The van der Waals surface area contributed by atoms with Gasteiger partial charge < -0.3 is 9.80 Å². The highest BCUT2D eigenvalue weighted by atomic mass is 35.5. The molecule has 1 aliphatic heterocycles. The van der Waals surface area contributed by atoms with Gasteiger partial charge in [-0.2, -0.15) is 0 Å². The topological polar surface area (TPSA) is 23.6 Å². The van der Waals surface area contributed by atoms with E-state index in [-0.39, 0.29) is 5.91 Å². The van der Waals surface area contributed by atoms with E-state index in [0.29, 0.717) is 34.6 Å². The summed E-state index contributed by atoms with van der Waals surface area (Å²) >= 11 is 12.2. The molecule has 3 nitrogen and oxygen atoms in total. The van der Waals surface area contributed by atoms with Gasteiger partial charge in [0.15, 0.2) is 0 Å². The van der Waals surface area contributed by atoms with E-state index < -0.39 is 0 Å². The van der Waals surface area contributed by atoms with Crippen LogP contribution in [0.5, 0.6) is 0 Å². The van der Waals surface area contributed by atoms with E-state index in [0.717, 1.165) is 25.9 Å². The van der Waals surface area contributed by atoms with Crippen LogP contribution < -0.4 is 4.90 Å². The summed E-state index contributed by atoms with van der Waals surface area (Å²) in [5.41, 5.74) is 0.713. The van der Waals surface area contributed by atoms with Crippen molar-refractivity contribution in [3.8, 4) is 0 Å². The molecule has 2 rings (SSSR count). The minimum atomic E-state index is 0.135. The van der Waals surface area contributed by atoms with E-state index in [4.69, 9.17) is 23.2 Å². The number of carbonyl (C=O) groups is 1. The second kappa shape index (κ2) is 7.48. The smallest absolute Gasteiger partial charge is 0.227 e. The Kier molecular flexibility index (Phi) is 5.91. The van der Waals surface area contributed by atoms with Gasteiger partial charge in [-0.3, -0.25) is 4.79 Å². The number of piperidine rings is 1. The number of hydrogen-bond donors (Lipinski definition) is 0. The van der Waals surface area contributed by atoms with Gasteiger partial charge in [0.1, 0.15) is 0 Å². The molecule has 1 aromatic carbocycles. The molecule has 0 aliphatic carbocycles. The van der Waals surface area contributed by atoms with E-state index >= 15 is 0 Å². The van der Waals surface area contributed by atoms with Crippen LogP contribution in [0.1, 0.15) is 26.2 Å². The minimum absolute atomic E-state index is 0.135. The first kappa shape index (κ1) is 16.6. The number of amides is 1. The molecule has 21 heavy (non-hydrogen) atoms. The zero-order valence-electron chi connectivity index (χ0n) is 12.6. The molecule has 0 bridgehead atoms. The first-order chi connectivity index (χ1) is 10.0. The Morgan fingerprint density at radius 2 is 2.00 bits per heavy atom. The Morgan fingerprint density at radius 3 is 2.62 bits per heavy atom. The van der Waals surface area contributed by atoms with Crippen LogP contribution >= 0.6 is 23.2 Å². The summed E-state index contributed by atoms with van der Waals surface area (Å²) < 4.78 is 0. The highest BCUT2D eigenvalue weighted by Gasteiger charge is 2.23.